The number of fused-ring (bicyclic) bond motifs is 1. The maximum absolute atomic E-state index is 12.2. The molecule has 0 saturated carbocycles. The summed E-state index contributed by atoms with van der Waals surface area (Å²) in [7, 11) is 0. The number of hydrogen-bond donors (Lipinski definition) is 3. The number of hydrogen-bond acceptors (Lipinski definition) is 9. The summed E-state index contributed by atoms with van der Waals surface area (Å²) in [6.45, 7) is 7.26. The summed E-state index contributed by atoms with van der Waals surface area (Å²) in [5.74, 6) is 0.595. The molecule has 4 aromatic rings. The number of piperidine rings is 1. The Balaban J connectivity index is 1.33. The smallest absolute Gasteiger partial charge is 0.321 e. The molecule has 3 aromatic heterocycles. The Morgan fingerprint density at radius 3 is 2.62 bits per heavy atom. The van der Waals surface area contributed by atoms with Gasteiger partial charge >= 0.3 is 6.03 Å². The number of pyridine rings is 1. The quantitative estimate of drug-likeness (QED) is 0.295. The molecular weight excluding hydrogens is 526 g/mol. The normalized spacial score (nSPS) is 16.6. The van der Waals surface area contributed by atoms with Crippen LogP contribution < -0.4 is 10.6 Å². The van der Waals surface area contributed by atoms with Crippen molar-refractivity contribution in [3.63, 3.8) is 0 Å². The summed E-state index contributed by atoms with van der Waals surface area (Å²) < 4.78 is 6.43. The summed E-state index contributed by atoms with van der Waals surface area (Å²) in [5, 5.41) is 15.3. The summed E-state index contributed by atoms with van der Waals surface area (Å²) in [6.07, 6.45) is 8.20. The van der Waals surface area contributed by atoms with Crippen LogP contribution in [0, 0.1) is 5.41 Å². The zero-order valence-electron chi connectivity index (χ0n) is 22.5. The predicted molar refractivity (Wildman–Crippen MR) is 155 cm³/mol. The first-order chi connectivity index (χ1) is 19.5. The van der Waals surface area contributed by atoms with Crippen LogP contribution in [-0.4, -0.2) is 75.4 Å². The van der Waals surface area contributed by atoms with Gasteiger partial charge in [-0.2, -0.15) is 0 Å². The van der Waals surface area contributed by atoms with Crippen molar-refractivity contribution in [1.82, 2.24) is 30.2 Å². The number of thiazole rings is 1. The van der Waals surface area contributed by atoms with Crippen LogP contribution >= 0.6 is 11.3 Å². The summed E-state index contributed by atoms with van der Waals surface area (Å²) in [5.41, 5.74) is 5.94. The number of carbonyl (C=O) groups excluding carboxylic acids is 1. The fourth-order valence-corrected chi connectivity index (χ4v) is 6.28. The van der Waals surface area contributed by atoms with Gasteiger partial charge in [-0.1, -0.05) is 11.3 Å². The molecule has 2 aliphatic rings. The molecular formula is C29H33N7O3S. The standard InChI is InChI=1S/C29H33N7O3S/c1-2-30-27(38)35-28-34-24-13-20(21-14-32-25(4-10-37)33-15-21)12-22(26(24)40-28)23-11-19(3-7-31-23)16-36-8-5-29(6-9-36)17-39-18-29/h3,7,11-15,37H,2,4-6,8-10,16-18H2,1H3,(H2,30,34,35,38). The molecule has 2 amide bonds. The maximum atomic E-state index is 12.2. The van der Waals surface area contributed by atoms with Crippen molar-refractivity contribution in [1.29, 1.82) is 0 Å². The molecule has 0 radical (unpaired) electrons. The van der Waals surface area contributed by atoms with Gasteiger partial charge in [0.2, 0.25) is 0 Å². The number of nitrogens with one attached hydrogen (secondary N) is 2. The molecule has 40 heavy (non-hydrogen) atoms. The lowest BCUT2D eigenvalue weighted by atomic mass is 9.77. The van der Waals surface area contributed by atoms with E-state index in [1.54, 1.807) is 12.4 Å². The highest BCUT2D eigenvalue weighted by Gasteiger charge is 2.41. The second-order valence-electron chi connectivity index (χ2n) is 10.6. The highest BCUT2D eigenvalue weighted by Crippen LogP contribution is 2.40. The van der Waals surface area contributed by atoms with Crippen LogP contribution in [-0.2, 0) is 17.7 Å². The minimum atomic E-state index is -0.284. The first kappa shape index (κ1) is 26.7. The molecule has 0 bridgehead atoms. The zero-order chi connectivity index (χ0) is 27.5. The number of aliphatic hydroxyl groups excluding tert-OH is 1. The number of amides is 2. The van der Waals surface area contributed by atoms with Crippen molar-refractivity contribution in [2.45, 2.75) is 32.7 Å². The van der Waals surface area contributed by atoms with Gasteiger partial charge in [-0.3, -0.25) is 15.2 Å². The number of nitrogens with zero attached hydrogens (tertiary/aromatic N) is 5. The van der Waals surface area contributed by atoms with Gasteiger partial charge in [0.15, 0.2) is 5.13 Å². The van der Waals surface area contributed by atoms with Crippen LogP contribution in [0.2, 0.25) is 0 Å². The van der Waals surface area contributed by atoms with Crippen LogP contribution in [0.15, 0.2) is 42.9 Å². The number of benzene rings is 1. The van der Waals surface area contributed by atoms with Gasteiger partial charge in [0.25, 0.3) is 0 Å². The summed E-state index contributed by atoms with van der Waals surface area (Å²) >= 11 is 1.43. The Bertz CT molecular complexity index is 1490. The van der Waals surface area contributed by atoms with Crippen molar-refractivity contribution < 1.29 is 14.6 Å². The van der Waals surface area contributed by atoms with E-state index in [0.717, 1.165) is 65.4 Å². The van der Waals surface area contributed by atoms with E-state index in [1.165, 1.54) is 29.7 Å². The van der Waals surface area contributed by atoms with Crippen molar-refractivity contribution in [3.8, 4) is 22.4 Å². The number of likely N-dealkylation sites (tertiary alicyclic amines) is 1. The second kappa shape index (κ2) is 11.5. The number of urea groups is 1. The molecule has 1 aromatic carbocycles. The fourth-order valence-electron chi connectivity index (χ4n) is 5.32. The number of ether oxygens (including phenoxy) is 1. The first-order valence-electron chi connectivity index (χ1n) is 13.7. The largest absolute Gasteiger partial charge is 0.396 e. The van der Waals surface area contributed by atoms with Crippen LogP contribution in [0.5, 0.6) is 0 Å². The van der Waals surface area contributed by atoms with E-state index in [4.69, 9.17) is 14.7 Å². The maximum Gasteiger partial charge on any atom is 0.321 e. The zero-order valence-corrected chi connectivity index (χ0v) is 23.3. The lowest BCUT2D eigenvalue weighted by Crippen LogP contribution is -2.50. The van der Waals surface area contributed by atoms with Crippen LogP contribution in [0.1, 0.15) is 31.2 Å². The van der Waals surface area contributed by atoms with Crippen molar-refractivity contribution in [2.75, 3.05) is 44.8 Å². The number of rotatable bonds is 8. The van der Waals surface area contributed by atoms with Crippen LogP contribution in [0.4, 0.5) is 9.93 Å². The highest BCUT2D eigenvalue weighted by atomic mass is 32.1. The Morgan fingerprint density at radius 2 is 1.93 bits per heavy atom. The van der Waals surface area contributed by atoms with Gasteiger partial charge in [0.1, 0.15) is 5.82 Å². The summed E-state index contributed by atoms with van der Waals surface area (Å²) in [4.78, 5) is 33.0. The Hall–Kier alpha value is -3.51. The molecule has 0 aliphatic carbocycles. The molecule has 1 spiro atoms. The Kier molecular flexibility index (Phi) is 7.70. The van der Waals surface area contributed by atoms with E-state index in [-0.39, 0.29) is 12.6 Å². The average Bonchev–Trinajstić information content (AvgIpc) is 3.35. The Morgan fingerprint density at radius 1 is 1.12 bits per heavy atom. The van der Waals surface area contributed by atoms with Gasteiger partial charge in [-0.25, -0.2) is 19.7 Å². The minimum absolute atomic E-state index is 0.00435. The minimum Gasteiger partial charge on any atom is -0.396 e. The van der Waals surface area contributed by atoms with E-state index in [2.05, 4.69) is 43.7 Å². The summed E-state index contributed by atoms with van der Waals surface area (Å²) in [6, 6.07) is 8.04. The highest BCUT2D eigenvalue weighted by molar-refractivity contribution is 7.22. The van der Waals surface area contributed by atoms with Gasteiger partial charge in [-0.15, -0.1) is 0 Å². The SMILES string of the molecule is CCNC(=O)Nc1nc2cc(-c3cnc(CCO)nc3)cc(-c3cc(CN4CCC5(CC4)COC5)ccn3)c2s1. The molecule has 2 saturated heterocycles. The van der Waals surface area contributed by atoms with Crippen LogP contribution in [0.25, 0.3) is 32.6 Å². The van der Waals surface area contributed by atoms with E-state index in [9.17, 15) is 9.90 Å². The second-order valence-corrected chi connectivity index (χ2v) is 11.6. The number of aliphatic hydroxyl groups is 1. The molecule has 2 aliphatic heterocycles. The van der Waals surface area contributed by atoms with Crippen molar-refractivity contribution >= 4 is 32.7 Å². The van der Waals surface area contributed by atoms with E-state index >= 15 is 0 Å². The fraction of sp³-hybridized carbons (Fsp3) is 0.414. The first-order valence-corrected chi connectivity index (χ1v) is 14.5. The third kappa shape index (κ3) is 5.68. The van der Waals surface area contributed by atoms with Gasteiger partial charge in [0, 0.05) is 54.6 Å². The molecule has 5 heterocycles. The number of carbonyl (C=O) groups is 1. The topological polar surface area (TPSA) is 125 Å². The molecule has 2 fully saturated rings. The number of anilines is 1. The van der Waals surface area contributed by atoms with Crippen molar-refractivity contribution in [3.05, 3.63) is 54.2 Å². The molecule has 3 N–H and O–H groups in total. The molecule has 208 valence electrons. The van der Waals surface area contributed by atoms with Crippen LogP contribution in [0.3, 0.4) is 0 Å². The molecule has 6 rings (SSSR count). The lowest BCUT2D eigenvalue weighted by molar-refractivity contribution is -0.140. The third-order valence-corrected chi connectivity index (χ3v) is 8.68. The van der Waals surface area contributed by atoms with Gasteiger partial charge in [-0.05, 0) is 68.2 Å². The third-order valence-electron chi connectivity index (χ3n) is 7.66. The van der Waals surface area contributed by atoms with Crippen molar-refractivity contribution in [2.24, 2.45) is 5.41 Å². The predicted octanol–water partition coefficient (Wildman–Crippen LogP) is 4.10. The molecule has 0 atom stereocenters. The number of aromatic nitrogens is 4. The molecule has 10 nitrogen and oxygen atoms in total. The van der Waals surface area contributed by atoms with Gasteiger partial charge in [0.05, 0.1) is 35.7 Å². The Labute approximate surface area is 236 Å². The molecule has 0 unspecified atom stereocenters. The van der Waals surface area contributed by atoms with E-state index in [1.807, 2.05) is 19.2 Å². The monoisotopic (exact) mass is 559 g/mol. The van der Waals surface area contributed by atoms with E-state index in [0.29, 0.717) is 29.3 Å². The van der Waals surface area contributed by atoms with E-state index < -0.39 is 0 Å². The van der Waals surface area contributed by atoms with Gasteiger partial charge < -0.3 is 15.2 Å². The lowest BCUT2D eigenvalue weighted by Gasteiger charge is -2.47. The average molecular weight is 560 g/mol. The molecule has 11 heteroatoms.